The highest BCUT2D eigenvalue weighted by Crippen LogP contribution is 2.51. The van der Waals surface area contributed by atoms with Gasteiger partial charge in [-0.3, -0.25) is 9.32 Å². The highest BCUT2D eigenvalue weighted by molar-refractivity contribution is 7.52. The Morgan fingerprint density at radius 2 is 2.08 bits per heavy atom. The summed E-state index contributed by atoms with van der Waals surface area (Å²) >= 11 is 0. The fraction of sp³-hybridized carbons (Fsp3) is 0.417. The van der Waals surface area contributed by atoms with Gasteiger partial charge in [-0.05, 0) is 45.0 Å². The summed E-state index contributed by atoms with van der Waals surface area (Å²) in [7, 11) is -4.27. The summed E-state index contributed by atoms with van der Waals surface area (Å²) in [5.74, 6) is -0.543. The second-order valence-corrected chi connectivity index (χ2v) is 10.4. The van der Waals surface area contributed by atoms with E-state index in [1.54, 1.807) is 38.1 Å². The standard InChI is InChI=1S/C24H27FN5O7P/c1-4-34-21(31)12-29-38(33,37-17-8-6-5-7-9-17)35-13-19-22(32)23(3,25)24(14-26,36-19)20-11-10-18-16(2)27-15-28-30(18)20/h5-11,15,19,22,32H,4,12-13H2,1-3H3,(H,29,33)/t19-,22-,23-,24+,38?/m1/s1. The molecule has 3 aromatic rings. The molecule has 12 nitrogen and oxygen atoms in total. The minimum atomic E-state index is -4.27. The van der Waals surface area contributed by atoms with E-state index < -0.39 is 50.3 Å². The second kappa shape index (κ2) is 10.8. The number of esters is 1. The van der Waals surface area contributed by atoms with Gasteiger partial charge in [0.2, 0.25) is 5.60 Å². The Bertz CT molecular complexity index is 1400. The molecular formula is C24H27FN5O7P. The summed E-state index contributed by atoms with van der Waals surface area (Å²) in [6.45, 7) is 3.32. The molecule has 1 saturated heterocycles. The average Bonchev–Trinajstić information content (AvgIpc) is 3.41. The van der Waals surface area contributed by atoms with E-state index in [9.17, 15) is 19.7 Å². The van der Waals surface area contributed by atoms with E-state index >= 15 is 4.39 Å². The van der Waals surface area contributed by atoms with Crippen molar-refractivity contribution >= 4 is 19.2 Å². The predicted octanol–water partition coefficient (Wildman–Crippen LogP) is 2.60. The van der Waals surface area contributed by atoms with Crippen molar-refractivity contribution in [3.8, 4) is 11.8 Å². The zero-order chi connectivity index (χ0) is 27.6. The van der Waals surface area contributed by atoms with E-state index in [1.165, 1.54) is 29.0 Å². The SMILES string of the molecule is CCOC(=O)CNP(=O)(OC[C@H]1O[C@@](C#N)(c2ccc3c(C)ncnn23)[C@](C)(F)[C@@H]1O)Oc1ccccc1. The van der Waals surface area contributed by atoms with Crippen LogP contribution in [0.1, 0.15) is 25.2 Å². The van der Waals surface area contributed by atoms with Crippen LogP contribution >= 0.6 is 7.75 Å². The van der Waals surface area contributed by atoms with Crippen LogP contribution in [0.4, 0.5) is 4.39 Å². The van der Waals surface area contributed by atoms with Gasteiger partial charge in [-0.2, -0.15) is 10.4 Å². The first-order chi connectivity index (χ1) is 18.1. The van der Waals surface area contributed by atoms with Crippen molar-refractivity contribution in [2.24, 2.45) is 0 Å². The number of alkyl halides is 1. The van der Waals surface area contributed by atoms with Crippen LogP contribution in [0.3, 0.4) is 0 Å². The molecule has 1 aliphatic heterocycles. The number of para-hydroxylation sites is 1. The minimum Gasteiger partial charge on any atom is -0.465 e. The zero-order valence-electron chi connectivity index (χ0n) is 20.9. The summed E-state index contributed by atoms with van der Waals surface area (Å²) in [4.78, 5) is 15.9. The van der Waals surface area contributed by atoms with Gasteiger partial charge in [0.05, 0.1) is 30.1 Å². The van der Waals surface area contributed by atoms with Gasteiger partial charge >= 0.3 is 13.7 Å². The number of aliphatic hydroxyl groups excluding tert-OH is 1. The van der Waals surface area contributed by atoms with E-state index in [1.807, 2.05) is 6.07 Å². The molecule has 0 radical (unpaired) electrons. The largest absolute Gasteiger partial charge is 0.465 e. The highest BCUT2D eigenvalue weighted by Gasteiger charge is 2.67. The van der Waals surface area contributed by atoms with E-state index in [-0.39, 0.29) is 18.1 Å². The Labute approximate surface area is 217 Å². The normalized spacial score (nSPS) is 26.5. The molecule has 1 aromatic carbocycles. The fourth-order valence-corrected chi connectivity index (χ4v) is 5.46. The maximum absolute atomic E-state index is 16.2. The first-order valence-electron chi connectivity index (χ1n) is 11.7. The van der Waals surface area contributed by atoms with Crippen LogP contribution in [0.15, 0.2) is 48.8 Å². The molecule has 3 heterocycles. The number of halogens is 1. The lowest BCUT2D eigenvalue weighted by atomic mass is 9.82. The zero-order valence-corrected chi connectivity index (χ0v) is 21.8. The number of aryl methyl sites for hydroxylation is 1. The van der Waals surface area contributed by atoms with Crippen LogP contribution < -0.4 is 9.61 Å². The molecule has 14 heteroatoms. The number of nitrogens with one attached hydrogen (secondary N) is 1. The Morgan fingerprint density at radius 1 is 1.34 bits per heavy atom. The molecule has 4 rings (SSSR count). The van der Waals surface area contributed by atoms with Crippen molar-refractivity contribution in [2.45, 2.75) is 44.2 Å². The lowest BCUT2D eigenvalue weighted by molar-refractivity contribution is -0.141. The number of aliphatic hydroxyl groups is 1. The molecule has 38 heavy (non-hydrogen) atoms. The van der Waals surface area contributed by atoms with Crippen molar-refractivity contribution in [3.63, 3.8) is 0 Å². The van der Waals surface area contributed by atoms with Gasteiger partial charge < -0.3 is 19.1 Å². The molecule has 0 amide bonds. The molecule has 1 unspecified atom stereocenters. The Morgan fingerprint density at radius 3 is 2.76 bits per heavy atom. The van der Waals surface area contributed by atoms with Crippen molar-refractivity contribution < 1.29 is 37.4 Å². The summed E-state index contributed by atoms with van der Waals surface area (Å²) in [6, 6.07) is 13.0. The number of hydrogen-bond donors (Lipinski definition) is 2. The molecule has 1 fully saturated rings. The molecule has 5 atom stereocenters. The first kappa shape index (κ1) is 27.6. The molecule has 0 spiro atoms. The maximum atomic E-state index is 16.2. The molecular weight excluding hydrogens is 520 g/mol. The molecule has 0 bridgehead atoms. The number of carbonyl (C=O) groups excluding carboxylic acids is 1. The smallest absolute Gasteiger partial charge is 0.459 e. The molecule has 1 aliphatic rings. The Hall–Kier alpha value is -3.40. The third kappa shape index (κ3) is 5.01. The van der Waals surface area contributed by atoms with Crippen molar-refractivity contribution in [2.75, 3.05) is 19.8 Å². The van der Waals surface area contributed by atoms with Crippen LogP contribution in [0.5, 0.6) is 5.75 Å². The van der Waals surface area contributed by atoms with Crippen LogP contribution in [-0.4, -0.2) is 63.3 Å². The topological polar surface area (TPSA) is 157 Å². The van der Waals surface area contributed by atoms with Gasteiger partial charge in [-0.25, -0.2) is 23.5 Å². The Kier molecular flexibility index (Phi) is 7.83. The van der Waals surface area contributed by atoms with Gasteiger partial charge in [-0.15, -0.1) is 0 Å². The number of benzene rings is 1. The van der Waals surface area contributed by atoms with E-state index in [0.29, 0.717) is 11.2 Å². The number of nitrogens with zero attached hydrogens (tertiary/aromatic N) is 4. The number of rotatable bonds is 10. The summed E-state index contributed by atoms with van der Waals surface area (Å²) in [6.07, 6.45) is -2.06. The van der Waals surface area contributed by atoms with Crippen LogP contribution in [0, 0.1) is 18.3 Å². The van der Waals surface area contributed by atoms with Crippen LogP contribution in [0.2, 0.25) is 0 Å². The van der Waals surface area contributed by atoms with Crippen molar-refractivity contribution in [3.05, 3.63) is 60.2 Å². The lowest BCUT2D eigenvalue weighted by Crippen LogP contribution is -2.48. The number of carbonyl (C=O) groups is 1. The summed E-state index contributed by atoms with van der Waals surface area (Å²) < 4.78 is 52.7. The number of hydrogen-bond acceptors (Lipinski definition) is 10. The lowest BCUT2D eigenvalue weighted by Gasteiger charge is -2.30. The fourth-order valence-electron chi connectivity index (χ4n) is 4.19. The van der Waals surface area contributed by atoms with Gasteiger partial charge in [0.25, 0.3) is 0 Å². The highest BCUT2D eigenvalue weighted by atomic mass is 31.2. The van der Waals surface area contributed by atoms with Crippen molar-refractivity contribution in [1.82, 2.24) is 19.7 Å². The maximum Gasteiger partial charge on any atom is 0.459 e. The molecule has 0 saturated carbocycles. The Balaban J connectivity index is 1.60. The van der Waals surface area contributed by atoms with E-state index in [2.05, 4.69) is 15.2 Å². The number of fused-ring (bicyclic) bond motifs is 1. The number of nitriles is 1. The monoisotopic (exact) mass is 547 g/mol. The summed E-state index contributed by atoms with van der Waals surface area (Å²) in [5.41, 5.74) is -3.78. The first-order valence-corrected chi connectivity index (χ1v) is 13.3. The molecule has 202 valence electrons. The van der Waals surface area contributed by atoms with Gasteiger partial charge in [0.1, 0.15) is 36.9 Å². The van der Waals surface area contributed by atoms with Gasteiger partial charge in [0.15, 0.2) is 5.67 Å². The predicted molar refractivity (Wildman–Crippen MR) is 131 cm³/mol. The van der Waals surface area contributed by atoms with Crippen LogP contribution in [0.25, 0.3) is 5.52 Å². The third-order valence-electron chi connectivity index (χ3n) is 6.19. The number of ether oxygens (including phenoxy) is 2. The molecule has 0 aliphatic carbocycles. The molecule has 2 N–H and O–H groups in total. The second-order valence-electron chi connectivity index (χ2n) is 8.67. The quantitative estimate of drug-likeness (QED) is 0.284. The third-order valence-corrected chi connectivity index (χ3v) is 7.67. The van der Waals surface area contributed by atoms with E-state index in [4.69, 9.17) is 18.5 Å². The van der Waals surface area contributed by atoms with Gasteiger partial charge in [-0.1, -0.05) is 18.2 Å². The average molecular weight is 547 g/mol. The number of aromatic nitrogens is 3. The van der Waals surface area contributed by atoms with E-state index in [0.717, 1.165) is 6.92 Å². The molecule has 2 aromatic heterocycles. The minimum absolute atomic E-state index is 0.0382. The summed E-state index contributed by atoms with van der Waals surface area (Å²) in [5, 5.41) is 27.5. The van der Waals surface area contributed by atoms with Gasteiger partial charge in [0, 0.05) is 0 Å². The van der Waals surface area contributed by atoms with Crippen LogP contribution in [-0.2, 0) is 29.0 Å². The van der Waals surface area contributed by atoms with Crippen molar-refractivity contribution in [1.29, 1.82) is 5.26 Å².